The summed E-state index contributed by atoms with van der Waals surface area (Å²) >= 11 is 0. The lowest BCUT2D eigenvalue weighted by atomic mass is 10.0. The monoisotopic (exact) mass is 228 g/mol. The summed E-state index contributed by atoms with van der Waals surface area (Å²) in [7, 11) is 0. The van der Waals surface area contributed by atoms with Gasteiger partial charge in [0.1, 0.15) is 0 Å². The minimum absolute atomic E-state index is 0.266. The average molecular weight is 228 g/mol. The van der Waals surface area contributed by atoms with Crippen LogP contribution in [0, 0.1) is 0 Å². The maximum absolute atomic E-state index is 10.4. The molecule has 1 unspecified atom stereocenters. The molecule has 1 rings (SSSR count). The van der Waals surface area contributed by atoms with Crippen LogP contribution in [0.1, 0.15) is 39.5 Å². The number of rotatable bonds is 6. The molecule has 0 aliphatic carbocycles. The van der Waals surface area contributed by atoms with E-state index in [4.69, 9.17) is 5.11 Å². The van der Waals surface area contributed by atoms with E-state index in [0.717, 1.165) is 13.0 Å². The van der Waals surface area contributed by atoms with E-state index in [1.807, 2.05) is 0 Å². The van der Waals surface area contributed by atoms with Crippen LogP contribution in [0.2, 0.25) is 0 Å². The Kier molecular flexibility index (Phi) is 5.77. The summed E-state index contributed by atoms with van der Waals surface area (Å²) in [6.07, 6.45) is 3.36. The Morgan fingerprint density at radius 2 is 2.12 bits per heavy atom. The molecule has 0 amide bonds. The van der Waals surface area contributed by atoms with E-state index in [0.29, 0.717) is 12.1 Å². The predicted octanol–water partition coefficient (Wildman–Crippen LogP) is 1.31. The van der Waals surface area contributed by atoms with Gasteiger partial charge in [-0.1, -0.05) is 6.92 Å². The molecule has 1 atom stereocenters. The average Bonchev–Trinajstić information content (AvgIpc) is 2.27. The number of carboxylic acids is 1. The lowest BCUT2D eigenvalue weighted by Gasteiger charge is -2.33. The highest BCUT2D eigenvalue weighted by molar-refractivity contribution is 5.66. The first-order valence-electron chi connectivity index (χ1n) is 6.32. The zero-order valence-electron chi connectivity index (χ0n) is 10.4. The van der Waals surface area contributed by atoms with Gasteiger partial charge in [0.25, 0.3) is 0 Å². The molecule has 4 heteroatoms. The molecule has 0 bridgehead atoms. The molecule has 0 radical (unpaired) electrons. The molecule has 1 aliphatic heterocycles. The van der Waals surface area contributed by atoms with Crippen molar-refractivity contribution in [2.75, 3.05) is 19.6 Å². The van der Waals surface area contributed by atoms with Gasteiger partial charge in [-0.05, 0) is 45.8 Å². The molecule has 1 fully saturated rings. The van der Waals surface area contributed by atoms with Crippen LogP contribution in [-0.4, -0.2) is 47.7 Å². The van der Waals surface area contributed by atoms with Crippen LogP contribution in [0.5, 0.6) is 0 Å². The normalized spacial score (nSPS) is 20.9. The molecular formula is C12H24N2O2. The van der Waals surface area contributed by atoms with Crippen LogP contribution in [0.4, 0.5) is 0 Å². The summed E-state index contributed by atoms with van der Waals surface area (Å²) in [4.78, 5) is 12.9. The molecule has 0 aromatic rings. The van der Waals surface area contributed by atoms with E-state index in [1.165, 1.54) is 25.9 Å². The summed E-state index contributed by atoms with van der Waals surface area (Å²) in [6, 6.07) is 0.890. The summed E-state index contributed by atoms with van der Waals surface area (Å²) in [5.41, 5.74) is 0. The van der Waals surface area contributed by atoms with Gasteiger partial charge in [-0.25, -0.2) is 0 Å². The van der Waals surface area contributed by atoms with Gasteiger partial charge in [0.15, 0.2) is 0 Å². The fraction of sp³-hybridized carbons (Fsp3) is 0.917. The van der Waals surface area contributed by atoms with Crippen molar-refractivity contribution in [3.8, 4) is 0 Å². The van der Waals surface area contributed by atoms with Crippen LogP contribution in [0.25, 0.3) is 0 Å². The number of nitrogens with zero attached hydrogens (tertiary/aromatic N) is 1. The number of aliphatic carboxylic acids is 1. The van der Waals surface area contributed by atoms with Crippen LogP contribution >= 0.6 is 0 Å². The van der Waals surface area contributed by atoms with E-state index in [2.05, 4.69) is 24.1 Å². The van der Waals surface area contributed by atoms with E-state index in [1.54, 1.807) is 0 Å². The van der Waals surface area contributed by atoms with Gasteiger partial charge in [0, 0.05) is 18.5 Å². The molecule has 2 N–H and O–H groups in total. The maximum atomic E-state index is 10.4. The van der Waals surface area contributed by atoms with Gasteiger partial charge in [-0.2, -0.15) is 0 Å². The SMILES string of the molecule is CCN1CCC(NC(C)CCC(=O)O)CC1. The summed E-state index contributed by atoms with van der Waals surface area (Å²) < 4.78 is 0. The van der Waals surface area contributed by atoms with Gasteiger partial charge in [-0.3, -0.25) is 4.79 Å². The van der Waals surface area contributed by atoms with Gasteiger partial charge in [-0.15, -0.1) is 0 Å². The van der Waals surface area contributed by atoms with Crippen LogP contribution in [0.15, 0.2) is 0 Å². The first kappa shape index (κ1) is 13.5. The number of carboxylic acid groups (broad SMARTS) is 1. The number of likely N-dealkylation sites (tertiary alicyclic amines) is 1. The predicted molar refractivity (Wildman–Crippen MR) is 64.6 cm³/mol. The van der Waals surface area contributed by atoms with Crippen LogP contribution in [0.3, 0.4) is 0 Å². The number of hydrogen-bond donors (Lipinski definition) is 2. The Morgan fingerprint density at radius 1 is 1.50 bits per heavy atom. The maximum Gasteiger partial charge on any atom is 0.303 e. The second-order valence-corrected chi connectivity index (χ2v) is 4.71. The number of hydrogen-bond acceptors (Lipinski definition) is 3. The third-order valence-electron chi connectivity index (χ3n) is 3.35. The second kappa shape index (κ2) is 6.86. The molecule has 16 heavy (non-hydrogen) atoms. The lowest BCUT2D eigenvalue weighted by Crippen LogP contribution is -2.45. The first-order valence-corrected chi connectivity index (χ1v) is 6.32. The van der Waals surface area contributed by atoms with Crippen molar-refractivity contribution in [3.63, 3.8) is 0 Å². The zero-order valence-corrected chi connectivity index (χ0v) is 10.4. The number of carbonyl (C=O) groups is 1. The van der Waals surface area contributed by atoms with Crippen molar-refractivity contribution >= 4 is 5.97 Å². The van der Waals surface area contributed by atoms with E-state index in [-0.39, 0.29) is 6.42 Å². The molecule has 1 heterocycles. The van der Waals surface area contributed by atoms with E-state index >= 15 is 0 Å². The molecule has 0 spiro atoms. The second-order valence-electron chi connectivity index (χ2n) is 4.71. The van der Waals surface area contributed by atoms with Crippen molar-refractivity contribution in [1.29, 1.82) is 0 Å². The van der Waals surface area contributed by atoms with Crippen molar-refractivity contribution in [3.05, 3.63) is 0 Å². The van der Waals surface area contributed by atoms with Gasteiger partial charge in [0.05, 0.1) is 0 Å². The van der Waals surface area contributed by atoms with Crippen LogP contribution < -0.4 is 5.32 Å². The quantitative estimate of drug-likeness (QED) is 0.720. The largest absolute Gasteiger partial charge is 0.481 e. The Labute approximate surface area is 98.0 Å². The first-order chi connectivity index (χ1) is 7.61. The highest BCUT2D eigenvalue weighted by Gasteiger charge is 2.19. The topological polar surface area (TPSA) is 52.6 Å². The standard InChI is InChI=1S/C12H24N2O2/c1-3-14-8-6-11(7-9-14)13-10(2)4-5-12(15)16/h10-11,13H,3-9H2,1-2H3,(H,15,16). The molecule has 0 aromatic heterocycles. The van der Waals surface area contributed by atoms with E-state index in [9.17, 15) is 4.79 Å². The Hall–Kier alpha value is -0.610. The Morgan fingerprint density at radius 3 is 2.62 bits per heavy atom. The van der Waals surface area contributed by atoms with Crippen molar-refractivity contribution in [1.82, 2.24) is 10.2 Å². The van der Waals surface area contributed by atoms with Gasteiger partial charge >= 0.3 is 5.97 Å². The molecule has 1 aliphatic rings. The summed E-state index contributed by atoms with van der Waals surface area (Å²) in [6.45, 7) is 7.75. The third kappa shape index (κ3) is 4.94. The van der Waals surface area contributed by atoms with Crippen molar-refractivity contribution in [2.24, 2.45) is 0 Å². The molecular weight excluding hydrogens is 204 g/mol. The molecule has 0 saturated carbocycles. The molecule has 94 valence electrons. The fourth-order valence-corrected chi connectivity index (χ4v) is 2.24. The fourth-order valence-electron chi connectivity index (χ4n) is 2.24. The molecule has 0 aromatic carbocycles. The third-order valence-corrected chi connectivity index (χ3v) is 3.35. The highest BCUT2D eigenvalue weighted by Crippen LogP contribution is 2.11. The lowest BCUT2D eigenvalue weighted by molar-refractivity contribution is -0.137. The summed E-state index contributed by atoms with van der Waals surface area (Å²) in [5.74, 6) is -0.700. The highest BCUT2D eigenvalue weighted by atomic mass is 16.4. The van der Waals surface area contributed by atoms with Crippen molar-refractivity contribution in [2.45, 2.75) is 51.6 Å². The van der Waals surface area contributed by atoms with Crippen molar-refractivity contribution < 1.29 is 9.90 Å². The van der Waals surface area contributed by atoms with Gasteiger partial charge in [0.2, 0.25) is 0 Å². The molecule has 1 saturated heterocycles. The Balaban J connectivity index is 2.15. The minimum Gasteiger partial charge on any atom is -0.481 e. The molecule has 4 nitrogen and oxygen atoms in total. The minimum atomic E-state index is -0.700. The number of piperidine rings is 1. The zero-order chi connectivity index (χ0) is 12.0. The van der Waals surface area contributed by atoms with E-state index < -0.39 is 5.97 Å². The smallest absolute Gasteiger partial charge is 0.303 e. The van der Waals surface area contributed by atoms with Crippen LogP contribution in [-0.2, 0) is 4.79 Å². The Bertz CT molecular complexity index is 213. The summed E-state index contributed by atoms with van der Waals surface area (Å²) in [5, 5.41) is 12.1. The van der Waals surface area contributed by atoms with Gasteiger partial charge < -0.3 is 15.3 Å². The number of nitrogens with one attached hydrogen (secondary N) is 1.